The van der Waals surface area contributed by atoms with Gasteiger partial charge in [0.05, 0.1) is 6.54 Å². The van der Waals surface area contributed by atoms with E-state index in [-0.39, 0.29) is 18.2 Å². The average molecular weight is 370 g/mol. The molecule has 1 N–H and O–H groups in total. The quantitative estimate of drug-likeness (QED) is 0.665. The Hall–Kier alpha value is -2.99. The number of nitrogens with zero attached hydrogens (tertiary/aromatic N) is 1. The van der Waals surface area contributed by atoms with Crippen LogP contribution in [0.1, 0.15) is 5.56 Å². The van der Waals surface area contributed by atoms with Gasteiger partial charge in [-0.2, -0.15) is 8.78 Å². The molecular formula is C21H20F2N2O2. The third-order valence-corrected chi connectivity index (χ3v) is 4.08. The molecule has 3 rings (SSSR count). The summed E-state index contributed by atoms with van der Waals surface area (Å²) in [7, 11) is 1.83. The maximum absolute atomic E-state index is 12.4. The fourth-order valence-corrected chi connectivity index (χ4v) is 2.91. The summed E-state index contributed by atoms with van der Waals surface area (Å²) in [6.45, 7) is -2.12. The van der Waals surface area contributed by atoms with E-state index in [0.29, 0.717) is 6.54 Å². The van der Waals surface area contributed by atoms with Gasteiger partial charge in [0, 0.05) is 17.6 Å². The zero-order valence-electron chi connectivity index (χ0n) is 14.9. The van der Waals surface area contributed by atoms with E-state index >= 15 is 0 Å². The average Bonchev–Trinajstić information content (AvgIpc) is 2.63. The normalized spacial score (nSPS) is 11.1. The van der Waals surface area contributed by atoms with Gasteiger partial charge < -0.3 is 10.1 Å². The van der Waals surface area contributed by atoms with Crippen LogP contribution in [0.4, 0.5) is 14.5 Å². The standard InChI is InChI=1S/C21H20F2N2O2/c1-25(13-15-9-11-17(12-10-15)27-21(22)23)14-20(26)24-19-8-4-6-16-5-2-3-7-18(16)19/h2-12,21H,13-14H2,1H3,(H,24,26). The predicted molar refractivity (Wildman–Crippen MR) is 102 cm³/mol. The van der Waals surface area contributed by atoms with Crippen LogP contribution in [0.5, 0.6) is 5.75 Å². The van der Waals surface area contributed by atoms with Crippen molar-refractivity contribution in [2.45, 2.75) is 13.2 Å². The number of benzene rings is 3. The van der Waals surface area contributed by atoms with Gasteiger partial charge in [0.15, 0.2) is 0 Å². The van der Waals surface area contributed by atoms with Crippen molar-refractivity contribution in [3.63, 3.8) is 0 Å². The second kappa shape index (κ2) is 8.60. The lowest BCUT2D eigenvalue weighted by Gasteiger charge is -2.17. The molecule has 4 nitrogen and oxygen atoms in total. The Bertz CT molecular complexity index is 908. The van der Waals surface area contributed by atoms with Crippen molar-refractivity contribution >= 4 is 22.4 Å². The van der Waals surface area contributed by atoms with Gasteiger partial charge in [0.2, 0.25) is 5.91 Å². The van der Waals surface area contributed by atoms with E-state index in [4.69, 9.17) is 0 Å². The van der Waals surface area contributed by atoms with Crippen LogP contribution in [0, 0.1) is 0 Å². The number of hydrogen-bond acceptors (Lipinski definition) is 3. The van der Waals surface area contributed by atoms with E-state index in [2.05, 4.69) is 10.1 Å². The molecule has 3 aromatic rings. The van der Waals surface area contributed by atoms with Crippen molar-refractivity contribution in [2.24, 2.45) is 0 Å². The van der Waals surface area contributed by atoms with Crippen LogP contribution >= 0.6 is 0 Å². The molecule has 27 heavy (non-hydrogen) atoms. The number of carbonyl (C=O) groups is 1. The second-order valence-electron chi connectivity index (χ2n) is 6.27. The van der Waals surface area contributed by atoms with E-state index in [0.717, 1.165) is 22.0 Å². The molecule has 0 aliphatic heterocycles. The number of fused-ring (bicyclic) bond motifs is 1. The van der Waals surface area contributed by atoms with Crippen LogP contribution in [-0.2, 0) is 11.3 Å². The van der Waals surface area contributed by atoms with Gasteiger partial charge in [-0.3, -0.25) is 9.69 Å². The number of nitrogens with one attached hydrogen (secondary N) is 1. The summed E-state index contributed by atoms with van der Waals surface area (Å²) in [6, 6.07) is 20.0. The van der Waals surface area contributed by atoms with Gasteiger partial charge in [-0.1, -0.05) is 48.5 Å². The molecule has 0 saturated carbocycles. The Morgan fingerprint density at radius 2 is 1.74 bits per heavy atom. The number of anilines is 1. The summed E-state index contributed by atoms with van der Waals surface area (Å²) in [5, 5.41) is 5.00. The van der Waals surface area contributed by atoms with Crippen LogP contribution in [0.2, 0.25) is 0 Å². The van der Waals surface area contributed by atoms with E-state index in [1.165, 1.54) is 12.1 Å². The molecule has 6 heteroatoms. The first kappa shape index (κ1) is 18.8. The van der Waals surface area contributed by atoms with Crippen molar-refractivity contribution < 1.29 is 18.3 Å². The number of alkyl halides is 2. The highest BCUT2D eigenvalue weighted by atomic mass is 19.3. The molecule has 0 aliphatic carbocycles. The van der Waals surface area contributed by atoms with Gasteiger partial charge in [-0.25, -0.2) is 0 Å². The van der Waals surface area contributed by atoms with Crippen LogP contribution < -0.4 is 10.1 Å². The molecule has 3 aromatic carbocycles. The van der Waals surface area contributed by atoms with Gasteiger partial charge in [-0.05, 0) is 36.2 Å². The molecule has 0 saturated heterocycles. The summed E-state index contributed by atoms with van der Waals surface area (Å²) in [4.78, 5) is 14.2. The van der Waals surface area contributed by atoms with Gasteiger partial charge in [-0.15, -0.1) is 0 Å². The SMILES string of the molecule is CN(CC(=O)Nc1cccc2ccccc12)Cc1ccc(OC(F)F)cc1. The Kier molecular flexibility index (Phi) is 5.98. The van der Waals surface area contributed by atoms with Crippen molar-refractivity contribution in [1.29, 1.82) is 0 Å². The minimum absolute atomic E-state index is 0.116. The van der Waals surface area contributed by atoms with Crippen LogP contribution in [0.3, 0.4) is 0 Å². The van der Waals surface area contributed by atoms with Crippen LogP contribution in [-0.4, -0.2) is 31.0 Å². The third-order valence-electron chi connectivity index (χ3n) is 4.08. The number of hydrogen-bond donors (Lipinski definition) is 1. The van der Waals surface area contributed by atoms with Crippen LogP contribution in [0.25, 0.3) is 10.8 Å². The maximum atomic E-state index is 12.4. The fourth-order valence-electron chi connectivity index (χ4n) is 2.91. The summed E-state index contributed by atoms with van der Waals surface area (Å²) in [6.07, 6.45) is 0. The number of halogens is 2. The lowest BCUT2D eigenvalue weighted by molar-refractivity contribution is -0.117. The lowest BCUT2D eigenvalue weighted by atomic mass is 10.1. The van der Waals surface area contributed by atoms with E-state index in [1.54, 1.807) is 12.1 Å². The largest absolute Gasteiger partial charge is 0.435 e. The zero-order valence-corrected chi connectivity index (χ0v) is 14.9. The summed E-state index contributed by atoms with van der Waals surface area (Å²) < 4.78 is 28.7. The Labute approximate surface area is 156 Å². The first-order chi connectivity index (χ1) is 13.0. The highest BCUT2D eigenvalue weighted by Gasteiger charge is 2.10. The first-order valence-corrected chi connectivity index (χ1v) is 8.51. The topological polar surface area (TPSA) is 41.6 Å². The van der Waals surface area contributed by atoms with E-state index in [1.807, 2.05) is 54.4 Å². The summed E-state index contributed by atoms with van der Waals surface area (Å²) in [5.74, 6) is -0.00314. The van der Waals surface area contributed by atoms with Gasteiger partial charge in [0.1, 0.15) is 5.75 Å². The molecule has 0 heterocycles. The summed E-state index contributed by atoms with van der Waals surface area (Å²) in [5.41, 5.74) is 1.68. The Balaban J connectivity index is 1.57. The molecule has 0 radical (unpaired) electrons. The molecule has 0 unspecified atom stereocenters. The molecule has 0 spiro atoms. The fraction of sp³-hybridized carbons (Fsp3) is 0.190. The maximum Gasteiger partial charge on any atom is 0.387 e. The van der Waals surface area contributed by atoms with E-state index < -0.39 is 6.61 Å². The lowest BCUT2D eigenvalue weighted by Crippen LogP contribution is -2.29. The highest BCUT2D eigenvalue weighted by Crippen LogP contribution is 2.23. The molecule has 0 aliphatic rings. The predicted octanol–water partition coefficient (Wildman–Crippen LogP) is 4.51. The van der Waals surface area contributed by atoms with Crippen molar-refractivity contribution in [3.05, 3.63) is 72.3 Å². The van der Waals surface area contributed by atoms with Crippen LogP contribution in [0.15, 0.2) is 66.7 Å². The number of ether oxygens (including phenoxy) is 1. The zero-order chi connectivity index (χ0) is 19.2. The van der Waals surface area contributed by atoms with Crippen molar-refractivity contribution in [1.82, 2.24) is 4.90 Å². The Morgan fingerprint density at radius 1 is 1.04 bits per heavy atom. The molecule has 0 atom stereocenters. The Morgan fingerprint density at radius 3 is 2.48 bits per heavy atom. The van der Waals surface area contributed by atoms with E-state index in [9.17, 15) is 13.6 Å². The molecular weight excluding hydrogens is 350 g/mol. The number of rotatable bonds is 7. The number of likely N-dealkylation sites (N-methyl/N-ethyl adjacent to an activating group) is 1. The van der Waals surface area contributed by atoms with Crippen molar-refractivity contribution in [3.8, 4) is 5.75 Å². The number of carbonyl (C=O) groups excluding carboxylic acids is 1. The second-order valence-corrected chi connectivity index (χ2v) is 6.27. The molecule has 0 bridgehead atoms. The highest BCUT2D eigenvalue weighted by molar-refractivity contribution is 6.02. The molecule has 1 amide bonds. The minimum atomic E-state index is -2.84. The molecule has 0 fully saturated rings. The molecule has 0 aromatic heterocycles. The molecule has 140 valence electrons. The monoisotopic (exact) mass is 370 g/mol. The van der Waals surface area contributed by atoms with Gasteiger partial charge in [0.25, 0.3) is 0 Å². The number of amides is 1. The third kappa shape index (κ3) is 5.24. The first-order valence-electron chi connectivity index (χ1n) is 8.51. The van der Waals surface area contributed by atoms with Crippen molar-refractivity contribution in [2.75, 3.05) is 18.9 Å². The smallest absolute Gasteiger partial charge is 0.387 e. The summed E-state index contributed by atoms with van der Waals surface area (Å²) >= 11 is 0. The van der Waals surface area contributed by atoms with Gasteiger partial charge >= 0.3 is 6.61 Å². The minimum Gasteiger partial charge on any atom is -0.435 e.